The summed E-state index contributed by atoms with van der Waals surface area (Å²) in [7, 11) is 0. The minimum atomic E-state index is -0.725. The quantitative estimate of drug-likeness (QED) is 0.572. The van der Waals surface area contributed by atoms with Crippen LogP contribution in [0, 0.1) is 51.8 Å². The van der Waals surface area contributed by atoms with Crippen LogP contribution in [0.4, 0.5) is 0 Å². The van der Waals surface area contributed by atoms with Gasteiger partial charge in [0.1, 0.15) is 5.78 Å². The molecule has 4 rings (SSSR count). The van der Waals surface area contributed by atoms with Gasteiger partial charge in [0.2, 0.25) is 0 Å². The number of aliphatic hydroxyl groups excluding tert-OH is 2. The summed E-state index contributed by atoms with van der Waals surface area (Å²) >= 11 is 0. The van der Waals surface area contributed by atoms with Gasteiger partial charge in [0.25, 0.3) is 0 Å². The Labute approximate surface area is 190 Å². The molecule has 31 heavy (non-hydrogen) atoms. The molecule has 0 saturated heterocycles. The maximum absolute atomic E-state index is 13.3. The minimum absolute atomic E-state index is 0.0509. The van der Waals surface area contributed by atoms with Crippen molar-refractivity contribution in [1.29, 1.82) is 0 Å². The van der Waals surface area contributed by atoms with Crippen molar-refractivity contribution in [2.45, 2.75) is 118 Å². The zero-order valence-electron chi connectivity index (χ0n) is 21.0. The van der Waals surface area contributed by atoms with Crippen LogP contribution >= 0.6 is 0 Å². The first-order valence-corrected chi connectivity index (χ1v) is 13.3. The van der Waals surface area contributed by atoms with E-state index in [9.17, 15) is 15.0 Å². The number of hydrogen-bond donors (Lipinski definition) is 2. The molecule has 0 aromatic carbocycles. The van der Waals surface area contributed by atoms with Gasteiger partial charge in [0.15, 0.2) is 0 Å². The maximum atomic E-state index is 13.3. The summed E-state index contributed by atoms with van der Waals surface area (Å²) in [6, 6.07) is 0. The highest BCUT2D eigenvalue weighted by molar-refractivity contribution is 5.83. The number of carbonyl (C=O) groups is 1. The van der Waals surface area contributed by atoms with Crippen molar-refractivity contribution in [3.63, 3.8) is 0 Å². The van der Waals surface area contributed by atoms with E-state index < -0.39 is 12.2 Å². The Bertz CT molecular complexity index is 680. The first-order valence-electron chi connectivity index (χ1n) is 13.3. The average molecular weight is 433 g/mol. The van der Waals surface area contributed by atoms with Crippen LogP contribution in [0.15, 0.2) is 0 Å². The summed E-state index contributed by atoms with van der Waals surface area (Å²) in [4.78, 5) is 13.3. The van der Waals surface area contributed by atoms with E-state index in [0.717, 1.165) is 18.3 Å². The second-order valence-electron chi connectivity index (χ2n) is 13.8. The molecular weight excluding hydrogens is 384 g/mol. The topological polar surface area (TPSA) is 57.5 Å². The van der Waals surface area contributed by atoms with E-state index in [0.29, 0.717) is 47.2 Å². The lowest BCUT2D eigenvalue weighted by Gasteiger charge is -2.61. The van der Waals surface area contributed by atoms with Crippen LogP contribution in [0.1, 0.15) is 106 Å². The zero-order chi connectivity index (χ0) is 22.8. The molecule has 0 heterocycles. The molecule has 0 bridgehead atoms. The smallest absolute Gasteiger partial charge is 0.136 e. The van der Waals surface area contributed by atoms with Gasteiger partial charge in [-0.15, -0.1) is 0 Å². The highest BCUT2D eigenvalue weighted by Gasteiger charge is 2.63. The molecule has 2 N–H and O–H groups in total. The van der Waals surface area contributed by atoms with Crippen LogP contribution in [0.25, 0.3) is 0 Å². The molecule has 0 aromatic heterocycles. The van der Waals surface area contributed by atoms with Crippen LogP contribution in [-0.2, 0) is 4.79 Å². The van der Waals surface area contributed by atoms with Gasteiger partial charge >= 0.3 is 0 Å². The third kappa shape index (κ3) is 4.05. The molecule has 4 aliphatic rings. The van der Waals surface area contributed by atoms with Gasteiger partial charge in [-0.25, -0.2) is 0 Å². The highest BCUT2D eigenvalue weighted by atomic mass is 16.3. The Kier molecular flexibility index (Phi) is 6.21. The summed E-state index contributed by atoms with van der Waals surface area (Å²) in [5.41, 5.74) is 0.668. The molecule has 10 atom stereocenters. The Morgan fingerprint density at radius 3 is 2.39 bits per heavy atom. The molecule has 4 fully saturated rings. The van der Waals surface area contributed by atoms with Crippen molar-refractivity contribution in [3.8, 4) is 0 Å². The molecule has 0 spiro atoms. The fourth-order valence-corrected chi connectivity index (χ4v) is 9.20. The number of Topliss-reactive ketones (excluding diaryl/α,β-unsaturated/α-hetero) is 1. The Balaban J connectivity index is 1.50. The van der Waals surface area contributed by atoms with Crippen LogP contribution in [-0.4, -0.2) is 28.2 Å². The summed E-state index contributed by atoms with van der Waals surface area (Å²) in [6.45, 7) is 14.4. The summed E-state index contributed by atoms with van der Waals surface area (Å²) in [5, 5.41) is 20.7. The van der Waals surface area contributed by atoms with Crippen molar-refractivity contribution >= 4 is 5.78 Å². The number of aliphatic hydroxyl groups is 2. The maximum Gasteiger partial charge on any atom is 0.136 e. The SMILES string of the molecule is CC(CCCC(C)(C)C)[C@H]1CC[C@H]2[C@@H]3CC(=O)[C@H]4C[C@H](O)[C@H](O)C[C@]4(C)[C@H]3CC[C@]12C. The van der Waals surface area contributed by atoms with Crippen LogP contribution in [0.5, 0.6) is 0 Å². The molecule has 0 aromatic rings. The number of carbonyl (C=O) groups excluding carboxylic acids is 1. The Hall–Kier alpha value is -0.410. The van der Waals surface area contributed by atoms with Gasteiger partial charge in [-0.05, 0) is 90.8 Å². The summed E-state index contributed by atoms with van der Waals surface area (Å²) in [5.74, 6) is 3.56. The molecule has 0 aliphatic heterocycles. The first-order chi connectivity index (χ1) is 14.4. The largest absolute Gasteiger partial charge is 0.390 e. The molecule has 1 unspecified atom stereocenters. The Morgan fingerprint density at radius 1 is 1.03 bits per heavy atom. The van der Waals surface area contributed by atoms with E-state index in [2.05, 4.69) is 41.5 Å². The van der Waals surface area contributed by atoms with Crippen molar-refractivity contribution in [2.75, 3.05) is 0 Å². The molecule has 4 saturated carbocycles. The highest BCUT2D eigenvalue weighted by Crippen LogP contribution is 2.67. The van der Waals surface area contributed by atoms with Crippen LogP contribution < -0.4 is 0 Å². The molecule has 3 heteroatoms. The van der Waals surface area contributed by atoms with Crippen molar-refractivity contribution < 1.29 is 15.0 Å². The first kappa shape index (κ1) is 23.7. The van der Waals surface area contributed by atoms with Gasteiger partial charge in [-0.3, -0.25) is 4.79 Å². The minimum Gasteiger partial charge on any atom is -0.390 e. The lowest BCUT2D eigenvalue weighted by Crippen LogP contribution is -2.59. The molecule has 4 aliphatic carbocycles. The van der Waals surface area contributed by atoms with Crippen LogP contribution in [0.2, 0.25) is 0 Å². The predicted molar refractivity (Wildman–Crippen MR) is 125 cm³/mol. The lowest BCUT2D eigenvalue weighted by atomic mass is 9.44. The van der Waals surface area contributed by atoms with Gasteiger partial charge < -0.3 is 10.2 Å². The second-order valence-corrected chi connectivity index (χ2v) is 13.8. The molecule has 0 radical (unpaired) electrons. The van der Waals surface area contributed by atoms with Gasteiger partial charge in [0, 0.05) is 12.3 Å². The van der Waals surface area contributed by atoms with E-state index in [1.165, 1.54) is 44.9 Å². The van der Waals surface area contributed by atoms with E-state index in [4.69, 9.17) is 0 Å². The number of rotatable bonds is 4. The van der Waals surface area contributed by atoms with E-state index >= 15 is 0 Å². The van der Waals surface area contributed by atoms with Crippen LogP contribution in [0.3, 0.4) is 0 Å². The normalized spacial score (nSPS) is 48.6. The van der Waals surface area contributed by atoms with Crippen molar-refractivity contribution in [2.24, 2.45) is 51.8 Å². The lowest BCUT2D eigenvalue weighted by molar-refractivity contribution is -0.173. The van der Waals surface area contributed by atoms with E-state index in [1.54, 1.807) is 0 Å². The van der Waals surface area contributed by atoms with Gasteiger partial charge in [0.05, 0.1) is 12.2 Å². The Morgan fingerprint density at radius 2 is 1.71 bits per heavy atom. The standard InChI is InChI=1S/C28H48O3/c1-17(8-7-12-26(2,3)4)19-9-10-20-18-14-23(29)22-15-24(30)25(31)16-28(22,6)21(18)11-13-27(19,20)5/h17-22,24-25,30-31H,7-16H2,1-6H3/t17?,18-,19+,20-,21-,22+,24-,25+,27+,28+/m0/s1. The fraction of sp³-hybridized carbons (Fsp3) is 0.964. The second kappa shape index (κ2) is 8.12. The summed E-state index contributed by atoms with van der Waals surface area (Å²) < 4.78 is 0. The molecular formula is C28H48O3. The average Bonchev–Trinajstić information content (AvgIpc) is 3.00. The number of hydrogen-bond acceptors (Lipinski definition) is 3. The molecule has 0 amide bonds. The van der Waals surface area contributed by atoms with Gasteiger partial charge in [-0.2, -0.15) is 0 Å². The fourth-order valence-electron chi connectivity index (χ4n) is 9.20. The predicted octanol–water partition coefficient (Wildman–Crippen LogP) is 6.01. The third-order valence-corrected chi connectivity index (χ3v) is 10.8. The third-order valence-electron chi connectivity index (χ3n) is 10.8. The van der Waals surface area contributed by atoms with Gasteiger partial charge in [-0.1, -0.05) is 54.4 Å². The molecule has 3 nitrogen and oxygen atoms in total. The number of fused-ring (bicyclic) bond motifs is 5. The van der Waals surface area contributed by atoms with E-state index in [-0.39, 0.29) is 11.3 Å². The van der Waals surface area contributed by atoms with Crippen molar-refractivity contribution in [1.82, 2.24) is 0 Å². The van der Waals surface area contributed by atoms with Crippen molar-refractivity contribution in [3.05, 3.63) is 0 Å². The monoisotopic (exact) mass is 432 g/mol. The number of ketones is 1. The summed E-state index contributed by atoms with van der Waals surface area (Å²) in [6.07, 6.45) is 9.45. The van der Waals surface area contributed by atoms with E-state index in [1.807, 2.05) is 0 Å². The zero-order valence-corrected chi connectivity index (χ0v) is 21.0. The molecule has 178 valence electrons.